The molecule has 0 unspecified atom stereocenters. The predicted molar refractivity (Wildman–Crippen MR) is 76.6 cm³/mol. The summed E-state index contributed by atoms with van der Waals surface area (Å²) in [6.45, 7) is 17.7. The van der Waals surface area contributed by atoms with Crippen LogP contribution in [-0.4, -0.2) is 50.4 Å². The van der Waals surface area contributed by atoms with Gasteiger partial charge in [0.15, 0.2) is 0 Å². The number of carbonyl (C=O) groups excluding carboxylic acids is 1. The summed E-state index contributed by atoms with van der Waals surface area (Å²) >= 11 is 0. The lowest BCUT2D eigenvalue weighted by molar-refractivity contribution is -0.137. The number of amides is 1. The van der Waals surface area contributed by atoms with Crippen LogP contribution in [0, 0.1) is 0 Å². The van der Waals surface area contributed by atoms with Crippen LogP contribution in [0.25, 0.3) is 0 Å². The van der Waals surface area contributed by atoms with Crippen LogP contribution < -0.4 is 0 Å². The summed E-state index contributed by atoms with van der Waals surface area (Å²) in [6.07, 6.45) is 1.38. The molecule has 0 aromatic heterocycles. The molecule has 0 saturated carbocycles. The highest BCUT2D eigenvalue weighted by molar-refractivity contribution is 6.74. The Morgan fingerprint density at radius 3 is 2.11 bits per heavy atom. The van der Waals surface area contributed by atoms with Gasteiger partial charge < -0.3 is 9.43 Å². The van der Waals surface area contributed by atoms with Crippen LogP contribution in [-0.2, 0) is 9.32 Å². The van der Waals surface area contributed by atoms with Gasteiger partial charge in [-0.1, -0.05) is 27.4 Å². The van der Waals surface area contributed by atoms with E-state index >= 15 is 0 Å². The Morgan fingerprint density at radius 1 is 1.22 bits per heavy atom. The third-order valence-electron chi connectivity index (χ3n) is 3.89. The topological polar surface area (TPSA) is 32.8 Å². The molecule has 0 spiro atoms. The molecule has 5 heteroatoms. The van der Waals surface area contributed by atoms with Crippen molar-refractivity contribution in [3.63, 3.8) is 0 Å². The summed E-state index contributed by atoms with van der Waals surface area (Å²) in [5.41, 5.74) is 0. The molecule has 1 rings (SSSR count). The summed E-state index contributed by atoms with van der Waals surface area (Å²) < 4.78 is 6.21. The van der Waals surface area contributed by atoms with E-state index in [0.717, 1.165) is 26.2 Å². The maximum Gasteiger partial charge on any atom is 0.246 e. The van der Waals surface area contributed by atoms with E-state index in [2.05, 4.69) is 40.4 Å². The zero-order valence-corrected chi connectivity index (χ0v) is 13.3. The van der Waals surface area contributed by atoms with Gasteiger partial charge in [-0.05, 0) is 24.2 Å². The molecule has 0 bridgehead atoms. The van der Waals surface area contributed by atoms with Crippen LogP contribution in [0.1, 0.15) is 20.8 Å². The fourth-order valence-corrected chi connectivity index (χ4v) is 2.69. The Kier molecular flexibility index (Phi) is 4.75. The number of carbonyl (C=O) groups is 1. The highest BCUT2D eigenvalue weighted by atomic mass is 28.4. The Labute approximate surface area is 112 Å². The van der Waals surface area contributed by atoms with Crippen LogP contribution in [0.2, 0.25) is 18.1 Å². The Hall–Kier alpha value is -0.653. The maximum absolute atomic E-state index is 11.5. The van der Waals surface area contributed by atoms with Crippen LogP contribution >= 0.6 is 0 Å². The van der Waals surface area contributed by atoms with Gasteiger partial charge in [0.05, 0.1) is 0 Å². The molecule has 0 atom stereocenters. The van der Waals surface area contributed by atoms with Gasteiger partial charge in [-0.3, -0.25) is 4.79 Å². The molecule has 1 saturated heterocycles. The maximum atomic E-state index is 11.5. The lowest BCUT2D eigenvalue weighted by Crippen LogP contribution is -2.53. The average Bonchev–Trinajstić information content (AvgIpc) is 2.27. The van der Waals surface area contributed by atoms with Crippen molar-refractivity contribution in [3.05, 3.63) is 12.7 Å². The number of piperazine rings is 1. The summed E-state index contributed by atoms with van der Waals surface area (Å²) in [7, 11) is -1.75. The van der Waals surface area contributed by atoms with Gasteiger partial charge in [-0.25, -0.2) is 0 Å². The molecule has 1 fully saturated rings. The minimum absolute atomic E-state index is 0.0157. The summed E-state index contributed by atoms with van der Waals surface area (Å²) in [5, 5.41) is 2.24. The second kappa shape index (κ2) is 5.55. The molecule has 1 amide bonds. The molecular weight excluding hydrogens is 244 g/mol. The molecule has 1 aliphatic rings. The SMILES string of the molecule is C=CC(=O)N1CCN(O[Si](C)(C)C(C)(C)C)CC1. The molecule has 1 aliphatic heterocycles. The van der Waals surface area contributed by atoms with E-state index in [-0.39, 0.29) is 10.9 Å². The molecule has 104 valence electrons. The van der Waals surface area contributed by atoms with E-state index in [1.165, 1.54) is 6.08 Å². The largest absolute Gasteiger partial charge is 0.342 e. The van der Waals surface area contributed by atoms with Gasteiger partial charge in [0, 0.05) is 26.2 Å². The molecule has 0 N–H and O–H groups in total. The van der Waals surface area contributed by atoms with Crippen molar-refractivity contribution < 1.29 is 9.32 Å². The Balaban J connectivity index is 2.50. The molecule has 0 radical (unpaired) electrons. The second-order valence-electron chi connectivity index (χ2n) is 6.31. The molecular formula is C13H26N2O2Si. The van der Waals surface area contributed by atoms with Crippen molar-refractivity contribution in [1.29, 1.82) is 0 Å². The van der Waals surface area contributed by atoms with Crippen molar-refractivity contribution in [2.24, 2.45) is 0 Å². The van der Waals surface area contributed by atoms with Gasteiger partial charge in [0.2, 0.25) is 14.2 Å². The van der Waals surface area contributed by atoms with Crippen LogP contribution in [0.3, 0.4) is 0 Å². The zero-order chi connectivity index (χ0) is 14.0. The first-order chi connectivity index (χ1) is 8.17. The van der Waals surface area contributed by atoms with Crippen LogP contribution in [0.4, 0.5) is 0 Å². The number of hydroxylamine groups is 2. The minimum Gasteiger partial charge on any atom is -0.342 e. The predicted octanol–water partition coefficient (Wildman–Crippen LogP) is 2.25. The molecule has 4 nitrogen and oxygen atoms in total. The van der Waals surface area contributed by atoms with Crippen molar-refractivity contribution in [2.75, 3.05) is 26.2 Å². The first-order valence-electron chi connectivity index (χ1n) is 6.53. The first kappa shape index (κ1) is 15.4. The summed E-state index contributed by atoms with van der Waals surface area (Å²) in [6, 6.07) is 0. The third-order valence-corrected chi connectivity index (χ3v) is 8.22. The summed E-state index contributed by atoms with van der Waals surface area (Å²) in [5.74, 6) is 0.0157. The second-order valence-corrected chi connectivity index (χ2v) is 11.0. The lowest BCUT2D eigenvalue weighted by Gasteiger charge is -2.42. The van der Waals surface area contributed by atoms with Gasteiger partial charge >= 0.3 is 0 Å². The monoisotopic (exact) mass is 270 g/mol. The standard InChI is InChI=1S/C13H26N2O2Si/c1-7-12(16)14-8-10-15(11-9-14)17-18(5,6)13(2,3)4/h7H,1,8-11H2,2-6H3. The van der Waals surface area contributed by atoms with Crippen LogP contribution in [0.15, 0.2) is 12.7 Å². The first-order valence-corrected chi connectivity index (χ1v) is 9.43. The molecule has 18 heavy (non-hydrogen) atoms. The van der Waals surface area contributed by atoms with Crippen molar-refractivity contribution in [3.8, 4) is 0 Å². The van der Waals surface area contributed by atoms with Crippen molar-refractivity contribution >= 4 is 14.2 Å². The van der Waals surface area contributed by atoms with Gasteiger partial charge in [-0.15, -0.1) is 0 Å². The fraction of sp³-hybridized carbons (Fsp3) is 0.769. The molecule has 1 heterocycles. The van der Waals surface area contributed by atoms with Crippen molar-refractivity contribution in [2.45, 2.75) is 38.9 Å². The van der Waals surface area contributed by atoms with Crippen LogP contribution in [0.5, 0.6) is 0 Å². The third kappa shape index (κ3) is 3.67. The Bertz CT molecular complexity index is 315. The van der Waals surface area contributed by atoms with E-state index in [1.54, 1.807) is 0 Å². The quantitative estimate of drug-likeness (QED) is 0.582. The van der Waals surface area contributed by atoms with E-state index in [1.807, 2.05) is 9.96 Å². The smallest absolute Gasteiger partial charge is 0.246 e. The molecule has 0 aliphatic carbocycles. The minimum atomic E-state index is -1.75. The number of rotatable bonds is 3. The molecule has 0 aromatic rings. The highest BCUT2D eigenvalue weighted by Gasteiger charge is 2.40. The van der Waals surface area contributed by atoms with Gasteiger partial charge in [0.1, 0.15) is 0 Å². The number of nitrogens with zero attached hydrogens (tertiary/aromatic N) is 2. The van der Waals surface area contributed by atoms with E-state index in [9.17, 15) is 4.79 Å². The van der Waals surface area contributed by atoms with E-state index < -0.39 is 8.32 Å². The Morgan fingerprint density at radius 2 is 1.72 bits per heavy atom. The fourth-order valence-electron chi connectivity index (χ4n) is 1.59. The number of hydrogen-bond donors (Lipinski definition) is 0. The molecule has 0 aromatic carbocycles. The normalized spacial score (nSPS) is 18.8. The van der Waals surface area contributed by atoms with E-state index in [0.29, 0.717) is 0 Å². The van der Waals surface area contributed by atoms with Gasteiger partial charge in [0.25, 0.3) is 0 Å². The van der Waals surface area contributed by atoms with E-state index in [4.69, 9.17) is 4.53 Å². The van der Waals surface area contributed by atoms with Crippen molar-refractivity contribution in [1.82, 2.24) is 9.96 Å². The zero-order valence-electron chi connectivity index (χ0n) is 12.3. The highest BCUT2D eigenvalue weighted by Crippen LogP contribution is 2.37. The average molecular weight is 270 g/mol. The number of hydrogen-bond acceptors (Lipinski definition) is 3. The summed E-state index contributed by atoms with van der Waals surface area (Å²) in [4.78, 5) is 13.3. The van der Waals surface area contributed by atoms with Gasteiger partial charge in [-0.2, -0.15) is 5.06 Å². The lowest BCUT2D eigenvalue weighted by atomic mass is 10.2.